The maximum absolute atomic E-state index is 12.0. The van der Waals surface area contributed by atoms with E-state index in [1.54, 1.807) is 5.57 Å². The number of aliphatic hydroxyl groups is 2. The molecule has 0 amide bonds. The van der Waals surface area contributed by atoms with Gasteiger partial charge in [0.1, 0.15) is 0 Å². The van der Waals surface area contributed by atoms with E-state index in [0.717, 1.165) is 18.8 Å². The smallest absolute Gasteiger partial charge is 0.0762 e. The Labute approximate surface area is 204 Å². The van der Waals surface area contributed by atoms with Crippen molar-refractivity contribution in [1.82, 2.24) is 0 Å². The third kappa shape index (κ3) is 2.98. The molecule has 2 heteroatoms. The van der Waals surface area contributed by atoms with E-state index < -0.39 is 0 Å². The number of rotatable bonds is 1. The van der Waals surface area contributed by atoms with Crippen LogP contribution in [0.15, 0.2) is 11.6 Å². The molecule has 7 unspecified atom stereocenters. The van der Waals surface area contributed by atoms with Crippen molar-refractivity contribution in [3.63, 3.8) is 0 Å². The van der Waals surface area contributed by atoms with Gasteiger partial charge in [-0.1, -0.05) is 67.0 Å². The van der Waals surface area contributed by atoms with Gasteiger partial charge < -0.3 is 10.2 Å². The predicted octanol–water partition coefficient (Wildman–Crippen LogP) is 7.39. The highest BCUT2D eigenvalue weighted by atomic mass is 16.3. The van der Waals surface area contributed by atoms with Crippen molar-refractivity contribution < 1.29 is 10.2 Å². The van der Waals surface area contributed by atoms with Crippen LogP contribution in [0.5, 0.6) is 0 Å². The topological polar surface area (TPSA) is 40.5 Å². The fraction of sp³-hybridized carbons (Fsp3) is 0.935. The Morgan fingerprint density at radius 1 is 0.879 bits per heavy atom. The summed E-state index contributed by atoms with van der Waals surface area (Å²) in [4.78, 5) is 0. The molecule has 0 radical (unpaired) electrons. The highest BCUT2D eigenvalue weighted by Crippen LogP contribution is 2.76. The number of allylic oxidation sites excluding steroid dienone is 1. The number of aliphatic hydroxyl groups excluding tert-OH is 2. The zero-order valence-electron chi connectivity index (χ0n) is 22.9. The van der Waals surface area contributed by atoms with Gasteiger partial charge in [-0.15, -0.1) is 0 Å². The second-order valence-electron chi connectivity index (χ2n) is 15.6. The van der Waals surface area contributed by atoms with Gasteiger partial charge in [0.25, 0.3) is 0 Å². The minimum absolute atomic E-state index is 0.0269. The van der Waals surface area contributed by atoms with Gasteiger partial charge in [-0.05, 0) is 108 Å². The number of hydrogen-bond donors (Lipinski definition) is 2. The second kappa shape index (κ2) is 7.12. The van der Waals surface area contributed by atoms with Crippen molar-refractivity contribution in [3.05, 3.63) is 11.6 Å². The van der Waals surface area contributed by atoms with Crippen LogP contribution in [0.4, 0.5) is 0 Å². The van der Waals surface area contributed by atoms with Crippen molar-refractivity contribution in [2.24, 2.45) is 56.2 Å². The molecule has 2 N–H and O–H groups in total. The Morgan fingerprint density at radius 2 is 1.55 bits per heavy atom. The van der Waals surface area contributed by atoms with E-state index in [0.29, 0.717) is 35.2 Å². The third-order valence-electron chi connectivity index (χ3n) is 13.8. The molecule has 4 saturated carbocycles. The van der Waals surface area contributed by atoms with Crippen LogP contribution in [0, 0.1) is 56.2 Å². The molecule has 0 heterocycles. The Bertz CT molecular complexity index is 844. The molecular weight excluding hydrogens is 404 g/mol. The molecule has 5 aliphatic carbocycles. The normalized spacial score (nSPS) is 57.8. The fourth-order valence-corrected chi connectivity index (χ4v) is 10.8. The average Bonchev–Trinajstić information content (AvgIpc) is 2.74. The first-order valence-electron chi connectivity index (χ1n) is 14.2. The predicted molar refractivity (Wildman–Crippen MR) is 137 cm³/mol. The van der Waals surface area contributed by atoms with Gasteiger partial charge in [-0.25, -0.2) is 0 Å². The van der Waals surface area contributed by atoms with E-state index in [-0.39, 0.29) is 27.8 Å². The van der Waals surface area contributed by atoms with Crippen molar-refractivity contribution in [2.45, 2.75) is 119 Å². The van der Waals surface area contributed by atoms with Gasteiger partial charge in [-0.3, -0.25) is 0 Å². The summed E-state index contributed by atoms with van der Waals surface area (Å²) in [6, 6.07) is 0. The first kappa shape index (κ1) is 24.4. The van der Waals surface area contributed by atoms with Crippen LogP contribution in [-0.2, 0) is 0 Å². The third-order valence-corrected chi connectivity index (χ3v) is 13.8. The zero-order chi connectivity index (χ0) is 24.2. The van der Waals surface area contributed by atoms with E-state index in [2.05, 4.69) is 61.5 Å². The van der Waals surface area contributed by atoms with Gasteiger partial charge >= 0.3 is 0 Å². The summed E-state index contributed by atoms with van der Waals surface area (Å²) in [5.74, 6) is 2.31. The first-order valence-corrected chi connectivity index (χ1v) is 14.2. The highest BCUT2D eigenvalue weighted by molar-refractivity contribution is 5.35. The molecule has 0 aromatic heterocycles. The summed E-state index contributed by atoms with van der Waals surface area (Å²) in [6.45, 7) is 20.3. The van der Waals surface area contributed by atoms with Crippen molar-refractivity contribution in [1.29, 1.82) is 0 Å². The summed E-state index contributed by atoms with van der Waals surface area (Å²) in [5, 5.41) is 22.2. The SMILES string of the molecule is CC1CCC2(C)C(CCC3(C)C2[C@H](O)C=C2C4C[C@@](C)(CO)CCC4(C)CC[C@]23C)C1(C)C. The minimum Gasteiger partial charge on any atom is -0.396 e. The van der Waals surface area contributed by atoms with Gasteiger partial charge in [0.15, 0.2) is 0 Å². The van der Waals surface area contributed by atoms with Crippen molar-refractivity contribution in [3.8, 4) is 0 Å². The Kier molecular flexibility index (Phi) is 5.25. The molecule has 188 valence electrons. The summed E-state index contributed by atoms with van der Waals surface area (Å²) < 4.78 is 0. The van der Waals surface area contributed by atoms with Gasteiger partial charge in [0.2, 0.25) is 0 Å². The lowest BCUT2D eigenvalue weighted by atomic mass is 9.33. The van der Waals surface area contributed by atoms with E-state index in [9.17, 15) is 10.2 Å². The standard InChI is InChI=1S/C31H52O2/c1-20-9-11-29(6)24(26(20,2)3)10-12-31(8)25(29)23(33)17-21-22-18-27(4,19-32)13-14-28(22,5)15-16-30(21,31)7/h17,20,22-25,32-33H,9-16,18-19H2,1-8H3/t20?,22?,23-,24?,25?,27+,28?,29?,30-,31?/m1/s1. The van der Waals surface area contributed by atoms with Crippen LogP contribution in [0.2, 0.25) is 0 Å². The Hall–Kier alpha value is -0.340. The van der Waals surface area contributed by atoms with Crippen LogP contribution in [0.25, 0.3) is 0 Å². The second-order valence-corrected chi connectivity index (χ2v) is 15.6. The Morgan fingerprint density at radius 3 is 2.21 bits per heavy atom. The molecule has 10 atom stereocenters. The number of hydrogen-bond acceptors (Lipinski definition) is 2. The van der Waals surface area contributed by atoms with Gasteiger partial charge in [-0.2, -0.15) is 0 Å². The van der Waals surface area contributed by atoms with Gasteiger partial charge in [0.05, 0.1) is 6.10 Å². The van der Waals surface area contributed by atoms with Crippen LogP contribution >= 0.6 is 0 Å². The minimum atomic E-state index is -0.334. The van der Waals surface area contributed by atoms with Gasteiger partial charge in [0, 0.05) is 12.5 Å². The molecule has 0 spiro atoms. The van der Waals surface area contributed by atoms with Crippen LogP contribution < -0.4 is 0 Å². The van der Waals surface area contributed by atoms with E-state index in [4.69, 9.17) is 0 Å². The maximum Gasteiger partial charge on any atom is 0.0762 e. The lowest BCUT2D eigenvalue weighted by Crippen LogP contribution is -2.66. The molecule has 0 aliphatic heterocycles. The maximum atomic E-state index is 12.0. The van der Waals surface area contributed by atoms with E-state index in [1.807, 2.05) is 0 Å². The van der Waals surface area contributed by atoms with Crippen LogP contribution in [0.1, 0.15) is 113 Å². The highest BCUT2D eigenvalue weighted by Gasteiger charge is 2.69. The molecule has 2 nitrogen and oxygen atoms in total. The van der Waals surface area contributed by atoms with E-state index >= 15 is 0 Å². The number of fused-ring (bicyclic) bond motifs is 7. The monoisotopic (exact) mass is 456 g/mol. The first-order chi connectivity index (χ1) is 15.2. The van der Waals surface area contributed by atoms with E-state index in [1.165, 1.54) is 44.9 Å². The van der Waals surface area contributed by atoms with Crippen molar-refractivity contribution >= 4 is 0 Å². The summed E-state index contributed by atoms with van der Waals surface area (Å²) in [6.07, 6.45) is 13.2. The molecule has 0 saturated heterocycles. The average molecular weight is 457 g/mol. The zero-order valence-corrected chi connectivity index (χ0v) is 22.9. The molecule has 5 aliphatic rings. The van der Waals surface area contributed by atoms with Crippen LogP contribution in [0.3, 0.4) is 0 Å². The van der Waals surface area contributed by atoms with Crippen molar-refractivity contribution in [2.75, 3.05) is 6.61 Å². The lowest BCUT2D eigenvalue weighted by Gasteiger charge is -2.72. The molecular formula is C31H52O2. The quantitative estimate of drug-likeness (QED) is 0.404. The largest absolute Gasteiger partial charge is 0.396 e. The molecule has 0 bridgehead atoms. The lowest BCUT2D eigenvalue weighted by molar-refractivity contribution is -0.215. The summed E-state index contributed by atoms with van der Waals surface area (Å²) in [5.41, 5.74) is 2.79. The summed E-state index contributed by atoms with van der Waals surface area (Å²) >= 11 is 0. The molecule has 4 fully saturated rings. The van der Waals surface area contributed by atoms with Crippen LogP contribution in [-0.4, -0.2) is 22.9 Å². The Balaban J connectivity index is 1.61. The fourth-order valence-electron chi connectivity index (χ4n) is 10.8. The molecule has 5 rings (SSSR count). The molecule has 33 heavy (non-hydrogen) atoms. The summed E-state index contributed by atoms with van der Waals surface area (Å²) in [7, 11) is 0. The molecule has 0 aromatic carbocycles. The molecule has 0 aromatic rings.